The Balaban J connectivity index is 1.33. The van der Waals surface area contributed by atoms with Crippen molar-refractivity contribution in [2.75, 3.05) is 6.61 Å². The number of para-hydroxylation sites is 2. The standard InChI is InChI=1S/C22H22N2O5/c25-21(12-7-15-27-17-8-3-1-4-9-17)23-24-22(26)20-14-13-19(29-20)16-28-18-10-5-2-6-11-18/h1-6,8-11,13-14H,7,12,15-16H2,(H,23,25)(H,24,26). The molecule has 3 rings (SSSR count). The van der Waals surface area contributed by atoms with Crippen LogP contribution in [0.5, 0.6) is 11.5 Å². The number of nitrogens with one attached hydrogen (secondary N) is 2. The molecule has 0 aliphatic carbocycles. The molecule has 2 N–H and O–H groups in total. The molecule has 0 aliphatic rings. The molecule has 7 heteroatoms. The maximum Gasteiger partial charge on any atom is 0.305 e. The summed E-state index contributed by atoms with van der Waals surface area (Å²) in [5.74, 6) is 1.20. The van der Waals surface area contributed by atoms with Crippen molar-refractivity contribution in [2.24, 2.45) is 0 Å². The number of furan rings is 1. The fourth-order valence-corrected chi connectivity index (χ4v) is 2.44. The Hall–Kier alpha value is -3.74. The van der Waals surface area contributed by atoms with Crippen LogP contribution in [0.2, 0.25) is 0 Å². The molecule has 29 heavy (non-hydrogen) atoms. The van der Waals surface area contributed by atoms with Crippen LogP contribution in [0.3, 0.4) is 0 Å². The molecule has 150 valence electrons. The summed E-state index contributed by atoms with van der Waals surface area (Å²) >= 11 is 0. The van der Waals surface area contributed by atoms with E-state index in [2.05, 4.69) is 10.9 Å². The van der Waals surface area contributed by atoms with E-state index in [0.29, 0.717) is 24.5 Å². The van der Waals surface area contributed by atoms with Gasteiger partial charge in [0.05, 0.1) is 6.61 Å². The van der Waals surface area contributed by atoms with Gasteiger partial charge in [0.2, 0.25) is 5.91 Å². The lowest BCUT2D eigenvalue weighted by atomic mass is 10.3. The van der Waals surface area contributed by atoms with Gasteiger partial charge in [0.25, 0.3) is 0 Å². The highest BCUT2D eigenvalue weighted by molar-refractivity contribution is 5.92. The smallest absolute Gasteiger partial charge is 0.305 e. The van der Waals surface area contributed by atoms with Gasteiger partial charge in [-0.2, -0.15) is 0 Å². The van der Waals surface area contributed by atoms with Crippen LogP contribution >= 0.6 is 0 Å². The van der Waals surface area contributed by atoms with E-state index in [1.165, 1.54) is 6.07 Å². The normalized spacial score (nSPS) is 10.2. The van der Waals surface area contributed by atoms with Gasteiger partial charge in [-0.1, -0.05) is 36.4 Å². The summed E-state index contributed by atoms with van der Waals surface area (Å²) in [4.78, 5) is 23.9. The second kappa shape index (κ2) is 10.6. The highest BCUT2D eigenvalue weighted by atomic mass is 16.5. The molecule has 0 atom stereocenters. The number of ether oxygens (including phenoxy) is 2. The van der Waals surface area contributed by atoms with Gasteiger partial charge in [-0.3, -0.25) is 20.4 Å². The van der Waals surface area contributed by atoms with Crippen molar-refractivity contribution in [1.29, 1.82) is 0 Å². The Bertz CT molecular complexity index is 909. The van der Waals surface area contributed by atoms with Gasteiger partial charge >= 0.3 is 5.91 Å². The zero-order valence-electron chi connectivity index (χ0n) is 15.8. The Morgan fingerprint density at radius 3 is 2.14 bits per heavy atom. The number of hydrogen-bond donors (Lipinski definition) is 2. The SMILES string of the molecule is O=C(CCCOc1ccccc1)NNC(=O)c1ccc(COc2ccccc2)o1. The summed E-state index contributed by atoms with van der Waals surface area (Å²) in [6.07, 6.45) is 0.750. The topological polar surface area (TPSA) is 89.8 Å². The monoisotopic (exact) mass is 394 g/mol. The number of benzene rings is 2. The first-order chi connectivity index (χ1) is 14.2. The molecule has 1 aromatic heterocycles. The number of rotatable bonds is 9. The average Bonchev–Trinajstić information content (AvgIpc) is 3.24. The highest BCUT2D eigenvalue weighted by Gasteiger charge is 2.12. The molecule has 7 nitrogen and oxygen atoms in total. The van der Waals surface area contributed by atoms with E-state index in [1.807, 2.05) is 60.7 Å². The van der Waals surface area contributed by atoms with Crippen LogP contribution in [-0.2, 0) is 11.4 Å². The van der Waals surface area contributed by atoms with Gasteiger partial charge in [-0.15, -0.1) is 0 Å². The van der Waals surface area contributed by atoms with Crippen LogP contribution in [0.1, 0.15) is 29.2 Å². The van der Waals surface area contributed by atoms with E-state index >= 15 is 0 Å². The van der Waals surface area contributed by atoms with Crippen molar-refractivity contribution in [3.8, 4) is 11.5 Å². The molecule has 2 amide bonds. The van der Waals surface area contributed by atoms with E-state index in [0.717, 1.165) is 5.75 Å². The summed E-state index contributed by atoms with van der Waals surface area (Å²) in [7, 11) is 0. The van der Waals surface area contributed by atoms with Crippen molar-refractivity contribution in [1.82, 2.24) is 10.9 Å². The lowest BCUT2D eigenvalue weighted by molar-refractivity contribution is -0.122. The molecule has 0 unspecified atom stereocenters. The molecule has 0 spiro atoms. The fourth-order valence-electron chi connectivity index (χ4n) is 2.44. The van der Waals surface area contributed by atoms with Crippen molar-refractivity contribution in [3.05, 3.63) is 84.3 Å². The van der Waals surface area contributed by atoms with E-state index in [1.54, 1.807) is 6.07 Å². The van der Waals surface area contributed by atoms with Gasteiger partial charge in [0, 0.05) is 6.42 Å². The molecule has 3 aromatic rings. The first-order valence-corrected chi connectivity index (χ1v) is 9.24. The second-order valence-corrected chi connectivity index (χ2v) is 6.14. The Morgan fingerprint density at radius 1 is 0.793 bits per heavy atom. The van der Waals surface area contributed by atoms with Gasteiger partial charge in [-0.25, -0.2) is 0 Å². The van der Waals surface area contributed by atoms with Crippen molar-refractivity contribution < 1.29 is 23.5 Å². The maximum atomic E-state index is 12.1. The van der Waals surface area contributed by atoms with E-state index in [9.17, 15) is 9.59 Å². The van der Waals surface area contributed by atoms with Crippen molar-refractivity contribution in [3.63, 3.8) is 0 Å². The zero-order chi connectivity index (χ0) is 20.3. The molecule has 0 fully saturated rings. The number of hydrogen-bond acceptors (Lipinski definition) is 5. The maximum absolute atomic E-state index is 12.1. The highest BCUT2D eigenvalue weighted by Crippen LogP contribution is 2.14. The zero-order valence-corrected chi connectivity index (χ0v) is 15.8. The quantitative estimate of drug-likeness (QED) is 0.428. The largest absolute Gasteiger partial charge is 0.494 e. The first kappa shape index (κ1) is 20.0. The Morgan fingerprint density at radius 2 is 1.45 bits per heavy atom. The lowest BCUT2D eigenvalue weighted by Gasteiger charge is -2.07. The molecular formula is C22H22N2O5. The third kappa shape index (κ3) is 6.73. The second-order valence-electron chi connectivity index (χ2n) is 6.14. The molecule has 0 aliphatic heterocycles. The van der Waals surface area contributed by atoms with Crippen LogP contribution in [0.4, 0.5) is 0 Å². The molecule has 0 bridgehead atoms. The van der Waals surface area contributed by atoms with E-state index in [4.69, 9.17) is 13.9 Å². The minimum absolute atomic E-state index is 0.0874. The van der Waals surface area contributed by atoms with E-state index in [-0.39, 0.29) is 24.7 Å². The molecule has 0 saturated heterocycles. The predicted molar refractivity (Wildman–Crippen MR) is 106 cm³/mol. The first-order valence-electron chi connectivity index (χ1n) is 9.24. The summed E-state index contributed by atoms with van der Waals surface area (Å²) in [5.41, 5.74) is 4.69. The molecule has 0 radical (unpaired) electrons. The van der Waals surface area contributed by atoms with Crippen molar-refractivity contribution >= 4 is 11.8 Å². The van der Waals surface area contributed by atoms with Gasteiger partial charge in [-0.05, 0) is 42.8 Å². The lowest BCUT2D eigenvalue weighted by Crippen LogP contribution is -2.41. The van der Waals surface area contributed by atoms with Crippen LogP contribution < -0.4 is 20.3 Å². The van der Waals surface area contributed by atoms with Gasteiger partial charge in [0.15, 0.2) is 5.76 Å². The van der Waals surface area contributed by atoms with Crippen LogP contribution in [-0.4, -0.2) is 18.4 Å². The fraction of sp³-hybridized carbons (Fsp3) is 0.182. The summed E-state index contributed by atoms with van der Waals surface area (Å²) < 4.78 is 16.5. The number of hydrazine groups is 1. The summed E-state index contributed by atoms with van der Waals surface area (Å²) in [6, 6.07) is 21.8. The Kier molecular flexibility index (Phi) is 7.28. The average molecular weight is 394 g/mol. The number of carbonyl (C=O) groups excluding carboxylic acids is 2. The van der Waals surface area contributed by atoms with Gasteiger partial charge < -0.3 is 13.9 Å². The van der Waals surface area contributed by atoms with E-state index < -0.39 is 5.91 Å². The Labute approximate surface area is 168 Å². The summed E-state index contributed by atoms with van der Waals surface area (Å²) in [6.45, 7) is 0.611. The molecular weight excluding hydrogens is 372 g/mol. The van der Waals surface area contributed by atoms with Crippen LogP contribution in [0, 0.1) is 0 Å². The third-order valence-electron chi connectivity index (χ3n) is 3.89. The predicted octanol–water partition coefficient (Wildman–Crippen LogP) is 3.48. The molecule has 1 heterocycles. The number of carbonyl (C=O) groups is 2. The minimum atomic E-state index is -0.537. The number of amides is 2. The summed E-state index contributed by atoms with van der Waals surface area (Å²) in [5, 5.41) is 0. The van der Waals surface area contributed by atoms with Gasteiger partial charge in [0.1, 0.15) is 23.9 Å². The van der Waals surface area contributed by atoms with Crippen LogP contribution in [0.25, 0.3) is 0 Å². The molecule has 2 aromatic carbocycles. The van der Waals surface area contributed by atoms with Crippen LogP contribution in [0.15, 0.2) is 77.2 Å². The third-order valence-corrected chi connectivity index (χ3v) is 3.89. The molecule has 0 saturated carbocycles. The minimum Gasteiger partial charge on any atom is -0.494 e. The van der Waals surface area contributed by atoms with Crippen molar-refractivity contribution in [2.45, 2.75) is 19.4 Å².